The summed E-state index contributed by atoms with van der Waals surface area (Å²) in [5.74, 6) is 1.50. The minimum atomic E-state index is -0.250. The summed E-state index contributed by atoms with van der Waals surface area (Å²) in [6, 6.07) is 9.60. The van der Waals surface area contributed by atoms with Gasteiger partial charge in [-0.15, -0.1) is 0 Å². The number of anilines is 1. The van der Waals surface area contributed by atoms with Gasteiger partial charge in [-0.1, -0.05) is 12.1 Å². The molecule has 2 bridgehead atoms. The normalized spacial score (nSPS) is 21.8. The van der Waals surface area contributed by atoms with Crippen LogP contribution >= 0.6 is 0 Å². The first kappa shape index (κ1) is 22.5. The van der Waals surface area contributed by atoms with Crippen LogP contribution < -0.4 is 16.2 Å². The van der Waals surface area contributed by atoms with Crippen LogP contribution in [0.5, 0.6) is 0 Å². The van der Waals surface area contributed by atoms with Crippen LogP contribution in [0.4, 0.5) is 5.82 Å². The smallest absolute Gasteiger partial charge is 0.290 e. The molecule has 0 unspecified atom stereocenters. The quantitative estimate of drug-likeness (QED) is 0.616. The van der Waals surface area contributed by atoms with Gasteiger partial charge in [0.15, 0.2) is 0 Å². The van der Waals surface area contributed by atoms with Crippen molar-refractivity contribution in [3.05, 3.63) is 58.1 Å². The van der Waals surface area contributed by atoms with E-state index in [2.05, 4.69) is 32.7 Å². The van der Waals surface area contributed by atoms with Gasteiger partial charge >= 0.3 is 0 Å². The van der Waals surface area contributed by atoms with Gasteiger partial charge in [-0.2, -0.15) is 0 Å². The zero-order valence-electron chi connectivity index (χ0n) is 17.8. The summed E-state index contributed by atoms with van der Waals surface area (Å²) in [4.78, 5) is 39.4. The first-order chi connectivity index (χ1) is 15.0. The molecule has 1 fully saturated rings. The summed E-state index contributed by atoms with van der Waals surface area (Å²) in [5, 5.41) is 13.0. The first-order valence-electron chi connectivity index (χ1n) is 10.4. The minimum absolute atomic E-state index is 0.00989. The fraction of sp³-hybridized carbons (Fsp3) is 0.455. The third-order valence-corrected chi connectivity index (χ3v) is 5.96. The number of hydrogen-bond donors (Lipinski definition) is 3. The maximum atomic E-state index is 12.6. The van der Waals surface area contributed by atoms with Gasteiger partial charge in [0.25, 0.3) is 12.0 Å². The molecule has 0 aromatic carbocycles. The SMILES string of the molecule is CNc1ncccc1CN1C[C@H]2C[C@@H](C1)[C@H](CNC(C)=O)n1c2cccc1=O.O=CO. The van der Waals surface area contributed by atoms with E-state index in [1.165, 1.54) is 12.5 Å². The van der Waals surface area contributed by atoms with Crippen LogP contribution in [0, 0.1) is 5.92 Å². The summed E-state index contributed by atoms with van der Waals surface area (Å²) >= 11 is 0. The number of carboxylic acid groups (broad SMARTS) is 1. The maximum absolute atomic E-state index is 12.6. The van der Waals surface area contributed by atoms with E-state index >= 15 is 0 Å². The number of piperidine rings is 1. The van der Waals surface area contributed by atoms with Gasteiger partial charge in [-0.25, -0.2) is 4.98 Å². The molecule has 2 aliphatic rings. The number of nitrogens with zero attached hydrogens (tertiary/aromatic N) is 3. The Kier molecular flexibility index (Phi) is 7.41. The van der Waals surface area contributed by atoms with Crippen molar-refractivity contribution in [2.24, 2.45) is 5.92 Å². The fourth-order valence-electron chi connectivity index (χ4n) is 4.81. The molecule has 2 aromatic rings. The molecule has 4 heterocycles. The number of fused-ring (bicyclic) bond motifs is 4. The van der Waals surface area contributed by atoms with Crippen LogP contribution in [0.25, 0.3) is 0 Å². The summed E-state index contributed by atoms with van der Waals surface area (Å²) < 4.78 is 1.93. The molecule has 2 aromatic heterocycles. The zero-order chi connectivity index (χ0) is 22.4. The number of carbonyl (C=O) groups excluding carboxylic acids is 1. The van der Waals surface area contributed by atoms with E-state index in [1.807, 2.05) is 23.7 Å². The van der Waals surface area contributed by atoms with Crippen molar-refractivity contribution < 1.29 is 14.7 Å². The van der Waals surface area contributed by atoms with Gasteiger partial charge in [0.2, 0.25) is 5.91 Å². The highest BCUT2D eigenvalue weighted by Crippen LogP contribution is 2.41. The molecule has 9 nitrogen and oxygen atoms in total. The number of hydrogen-bond acceptors (Lipinski definition) is 6. The van der Waals surface area contributed by atoms with E-state index in [0.717, 1.165) is 37.6 Å². The molecule has 1 amide bonds. The van der Waals surface area contributed by atoms with E-state index in [9.17, 15) is 9.59 Å². The van der Waals surface area contributed by atoms with Crippen molar-refractivity contribution in [2.45, 2.75) is 31.8 Å². The molecule has 4 rings (SSSR count). The molecule has 3 N–H and O–H groups in total. The zero-order valence-corrected chi connectivity index (χ0v) is 17.8. The lowest BCUT2D eigenvalue weighted by molar-refractivity contribution is -0.123. The van der Waals surface area contributed by atoms with E-state index in [0.29, 0.717) is 18.4 Å². The molecule has 9 heteroatoms. The summed E-state index contributed by atoms with van der Waals surface area (Å²) in [5.41, 5.74) is 2.29. The molecule has 0 radical (unpaired) electrons. The van der Waals surface area contributed by atoms with Gasteiger partial charge in [-0.3, -0.25) is 19.3 Å². The third kappa shape index (κ3) is 5.11. The van der Waals surface area contributed by atoms with Crippen LogP contribution in [0.15, 0.2) is 41.3 Å². The summed E-state index contributed by atoms with van der Waals surface area (Å²) in [7, 11) is 1.89. The van der Waals surface area contributed by atoms with Gasteiger partial charge in [0, 0.05) is 69.6 Å². The van der Waals surface area contributed by atoms with Crippen molar-refractivity contribution in [1.29, 1.82) is 0 Å². The molecule has 2 aliphatic heterocycles. The second kappa shape index (κ2) is 10.2. The molecule has 1 saturated heterocycles. The molecule has 31 heavy (non-hydrogen) atoms. The second-order valence-corrected chi connectivity index (χ2v) is 7.92. The Hall–Kier alpha value is -3.20. The molecule has 0 spiro atoms. The lowest BCUT2D eigenvalue weighted by Gasteiger charge is -2.47. The number of aromatic nitrogens is 2. The van der Waals surface area contributed by atoms with Crippen LogP contribution in [-0.2, 0) is 16.1 Å². The van der Waals surface area contributed by atoms with Crippen LogP contribution in [0.2, 0.25) is 0 Å². The Labute approximate surface area is 181 Å². The molecular formula is C22H29N5O4. The average molecular weight is 428 g/mol. The first-order valence-corrected chi connectivity index (χ1v) is 10.4. The highest BCUT2D eigenvalue weighted by Gasteiger charge is 2.40. The lowest BCUT2D eigenvalue weighted by atomic mass is 9.78. The topological polar surface area (TPSA) is 117 Å². The highest BCUT2D eigenvalue weighted by molar-refractivity contribution is 5.72. The summed E-state index contributed by atoms with van der Waals surface area (Å²) in [6.07, 6.45) is 2.85. The third-order valence-electron chi connectivity index (χ3n) is 5.96. The highest BCUT2D eigenvalue weighted by atomic mass is 16.3. The van der Waals surface area contributed by atoms with Crippen molar-refractivity contribution in [1.82, 2.24) is 19.8 Å². The second-order valence-electron chi connectivity index (χ2n) is 7.92. The Bertz CT molecular complexity index is 976. The molecule has 0 aliphatic carbocycles. The average Bonchev–Trinajstić information content (AvgIpc) is 2.75. The fourth-order valence-corrected chi connectivity index (χ4v) is 4.81. The molecular weight excluding hydrogens is 398 g/mol. The standard InChI is InChI=1S/C21H27N5O2.CH2O2/c1-14(27)24-10-19-17-9-16(18-6-3-7-20(28)26(18)19)12-25(13-17)11-15-5-4-8-23-21(15)22-2;2-1-3/h3-8,16-17,19H,9-13H2,1-2H3,(H,22,23)(H,24,27);1H,(H,2,3)/t16-,17+,19+;/m1./s1. The van der Waals surface area contributed by atoms with Crippen LogP contribution in [-0.4, -0.2) is 58.6 Å². The number of rotatable bonds is 5. The number of likely N-dealkylation sites (tertiary alicyclic amines) is 1. The Balaban J connectivity index is 0.000000858. The monoisotopic (exact) mass is 427 g/mol. The number of pyridine rings is 2. The van der Waals surface area contributed by atoms with E-state index in [1.54, 1.807) is 12.3 Å². The van der Waals surface area contributed by atoms with Gasteiger partial charge in [0.05, 0.1) is 6.04 Å². The molecule has 3 atom stereocenters. The van der Waals surface area contributed by atoms with Crippen molar-refractivity contribution in [3.8, 4) is 0 Å². The van der Waals surface area contributed by atoms with E-state index < -0.39 is 0 Å². The molecule has 0 saturated carbocycles. The van der Waals surface area contributed by atoms with E-state index in [4.69, 9.17) is 9.90 Å². The molecule has 166 valence electrons. The van der Waals surface area contributed by atoms with Crippen LogP contribution in [0.3, 0.4) is 0 Å². The number of carbonyl (C=O) groups is 2. The number of amides is 1. The largest absolute Gasteiger partial charge is 0.483 e. The Morgan fingerprint density at radius 3 is 2.77 bits per heavy atom. The lowest BCUT2D eigenvalue weighted by Crippen LogP contribution is -2.51. The summed E-state index contributed by atoms with van der Waals surface area (Å²) in [6.45, 7) is 4.41. The van der Waals surface area contributed by atoms with Gasteiger partial charge in [0.1, 0.15) is 5.82 Å². The van der Waals surface area contributed by atoms with Crippen molar-refractivity contribution in [2.75, 3.05) is 32.0 Å². The van der Waals surface area contributed by atoms with E-state index in [-0.39, 0.29) is 24.0 Å². The Morgan fingerprint density at radius 1 is 1.29 bits per heavy atom. The minimum Gasteiger partial charge on any atom is -0.483 e. The van der Waals surface area contributed by atoms with Gasteiger partial charge in [-0.05, 0) is 24.5 Å². The van der Waals surface area contributed by atoms with Crippen molar-refractivity contribution in [3.63, 3.8) is 0 Å². The maximum Gasteiger partial charge on any atom is 0.290 e. The predicted octanol–water partition coefficient (Wildman–Crippen LogP) is 1.28. The van der Waals surface area contributed by atoms with Crippen molar-refractivity contribution >= 4 is 18.2 Å². The van der Waals surface area contributed by atoms with Gasteiger partial charge < -0.3 is 20.3 Å². The van der Waals surface area contributed by atoms with Crippen LogP contribution in [0.1, 0.15) is 36.6 Å². The number of nitrogens with one attached hydrogen (secondary N) is 2. The predicted molar refractivity (Wildman–Crippen MR) is 117 cm³/mol. The Morgan fingerprint density at radius 2 is 2.06 bits per heavy atom.